The average Bonchev–Trinajstić information content (AvgIpc) is 2.33. The first-order valence-corrected chi connectivity index (χ1v) is 5.34. The molecular weight excluding hydrogens is 226 g/mol. The van der Waals surface area contributed by atoms with E-state index in [2.05, 4.69) is 15.4 Å². The summed E-state index contributed by atoms with van der Waals surface area (Å²) in [7, 11) is 2.74. The molecule has 0 saturated heterocycles. The van der Waals surface area contributed by atoms with Crippen LogP contribution in [0.2, 0.25) is 0 Å². The molecule has 0 aromatic heterocycles. The fourth-order valence-corrected chi connectivity index (χ4v) is 1.13. The number of nitrogens with zero attached hydrogens (tertiary/aromatic N) is 1. The van der Waals surface area contributed by atoms with Gasteiger partial charge in [-0.25, -0.2) is 4.79 Å². The summed E-state index contributed by atoms with van der Waals surface area (Å²) in [4.78, 5) is 34.9. The molecule has 0 aromatic carbocycles. The molecule has 0 radical (unpaired) electrons. The standard InChI is InChI=1S/C10H19N3O4/c1-4-13(6-5-9(15)17-3)7-8(14)12-10(16)11-2/h4-7H2,1-3H3,(H2,11,12,14,16). The second kappa shape index (κ2) is 8.51. The van der Waals surface area contributed by atoms with Crippen molar-refractivity contribution >= 4 is 17.9 Å². The predicted octanol–water partition coefficient (Wildman–Crippen LogP) is -0.673. The number of urea groups is 1. The van der Waals surface area contributed by atoms with Crippen molar-refractivity contribution in [3.8, 4) is 0 Å². The summed E-state index contributed by atoms with van der Waals surface area (Å²) < 4.78 is 4.50. The maximum atomic E-state index is 11.4. The zero-order valence-electron chi connectivity index (χ0n) is 10.4. The summed E-state index contributed by atoms with van der Waals surface area (Å²) in [6.07, 6.45) is 0.220. The van der Waals surface area contributed by atoms with Crippen molar-refractivity contribution in [2.75, 3.05) is 33.8 Å². The molecule has 2 N–H and O–H groups in total. The lowest BCUT2D eigenvalue weighted by Crippen LogP contribution is -2.43. The summed E-state index contributed by atoms with van der Waals surface area (Å²) in [5.74, 6) is -0.730. The number of imide groups is 1. The van der Waals surface area contributed by atoms with Gasteiger partial charge in [-0.05, 0) is 6.54 Å². The minimum Gasteiger partial charge on any atom is -0.469 e. The quantitative estimate of drug-likeness (QED) is 0.606. The van der Waals surface area contributed by atoms with E-state index in [1.165, 1.54) is 14.2 Å². The van der Waals surface area contributed by atoms with Crippen LogP contribution in [0.1, 0.15) is 13.3 Å². The third kappa shape index (κ3) is 7.29. The number of likely N-dealkylation sites (N-methyl/N-ethyl adjacent to an activating group) is 1. The number of rotatable bonds is 6. The second-order valence-electron chi connectivity index (χ2n) is 3.32. The number of carbonyl (C=O) groups is 3. The first-order valence-electron chi connectivity index (χ1n) is 5.34. The third-order valence-corrected chi connectivity index (χ3v) is 2.15. The van der Waals surface area contributed by atoms with Crippen molar-refractivity contribution in [2.24, 2.45) is 0 Å². The van der Waals surface area contributed by atoms with Crippen LogP contribution < -0.4 is 10.6 Å². The van der Waals surface area contributed by atoms with Gasteiger partial charge >= 0.3 is 12.0 Å². The summed E-state index contributed by atoms with van der Waals surface area (Å²) in [6.45, 7) is 2.97. The first kappa shape index (κ1) is 15.4. The van der Waals surface area contributed by atoms with Crippen molar-refractivity contribution in [2.45, 2.75) is 13.3 Å². The number of ether oxygens (including phenoxy) is 1. The molecule has 0 bridgehead atoms. The number of hydrogen-bond acceptors (Lipinski definition) is 5. The minimum absolute atomic E-state index is 0.0704. The molecule has 0 heterocycles. The van der Waals surface area contributed by atoms with E-state index < -0.39 is 11.9 Å². The van der Waals surface area contributed by atoms with Crippen LogP contribution in [-0.4, -0.2) is 56.6 Å². The maximum Gasteiger partial charge on any atom is 0.321 e. The molecule has 0 rings (SSSR count). The van der Waals surface area contributed by atoms with Crippen molar-refractivity contribution in [3.63, 3.8) is 0 Å². The van der Waals surface area contributed by atoms with Gasteiger partial charge in [-0.3, -0.25) is 19.8 Å². The summed E-state index contributed by atoms with van der Waals surface area (Å²) in [5.41, 5.74) is 0. The van der Waals surface area contributed by atoms with E-state index >= 15 is 0 Å². The minimum atomic E-state index is -0.543. The normalized spacial score (nSPS) is 9.88. The molecule has 0 saturated carbocycles. The molecule has 3 amide bonds. The van der Waals surface area contributed by atoms with E-state index in [0.29, 0.717) is 13.1 Å². The highest BCUT2D eigenvalue weighted by Gasteiger charge is 2.12. The van der Waals surface area contributed by atoms with Gasteiger partial charge in [0.15, 0.2) is 0 Å². The van der Waals surface area contributed by atoms with Crippen LogP contribution >= 0.6 is 0 Å². The Kier molecular flexibility index (Phi) is 7.70. The van der Waals surface area contributed by atoms with Gasteiger partial charge in [0.05, 0.1) is 20.1 Å². The highest BCUT2D eigenvalue weighted by Crippen LogP contribution is 1.93. The lowest BCUT2D eigenvalue weighted by atomic mass is 10.3. The second-order valence-corrected chi connectivity index (χ2v) is 3.32. The van der Waals surface area contributed by atoms with Crippen molar-refractivity contribution < 1.29 is 19.1 Å². The molecule has 0 spiro atoms. The van der Waals surface area contributed by atoms with E-state index in [0.717, 1.165) is 0 Å². The highest BCUT2D eigenvalue weighted by molar-refractivity contribution is 5.95. The number of esters is 1. The fourth-order valence-electron chi connectivity index (χ4n) is 1.13. The number of carbonyl (C=O) groups excluding carboxylic acids is 3. The fraction of sp³-hybridized carbons (Fsp3) is 0.700. The first-order chi connectivity index (χ1) is 8.03. The highest BCUT2D eigenvalue weighted by atomic mass is 16.5. The van der Waals surface area contributed by atoms with Crippen LogP contribution in [0.3, 0.4) is 0 Å². The van der Waals surface area contributed by atoms with Crippen LogP contribution in [0, 0.1) is 0 Å². The monoisotopic (exact) mass is 245 g/mol. The Hall–Kier alpha value is -1.63. The van der Waals surface area contributed by atoms with E-state index in [1.807, 2.05) is 6.92 Å². The van der Waals surface area contributed by atoms with Gasteiger partial charge in [0.25, 0.3) is 0 Å². The van der Waals surface area contributed by atoms with Crippen molar-refractivity contribution in [1.82, 2.24) is 15.5 Å². The summed E-state index contributed by atoms with van der Waals surface area (Å²) in [5, 5.41) is 4.43. The van der Waals surface area contributed by atoms with Crippen molar-refractivity contribution in [3.05, 3.63) is 0 Å². The predicted molar refractivity (Wildman–Crippen MR) is 61.3 cm³/mol. The van der Waals surface area contributed by atoms with Gasteiger partial charge in [0.1, 0.15) is 0 Å². The van der Waals surface area contributed by atoms with Crippen LogP contribution in [0.4, 0.5) is 4.79 Å². The van der Waals surface area contributed by atoms with Crippen LogP contribution in [0.25, 0.3) is 0 Å². The van der Waals surface area contributed by atoms with E-state index in [1.54, 1.807) is 4.90 Å². The topological polar surface area (TPSA) is 87.7 Å². The van der Waals surface area contributed by atoms with Gasteiger partial charge in [-0.1, -0.05) is 6.92 Å². The summed E-state index contributed by atoms with van der Waals surface area (Å²) in [6, 6.07) is -0.543. The van der Waals surface area contributed by atoms with Gasteiger partial charge in [-0.2, -0.15) is 0 Å². The molecular formula is C10H19N3O4. The number of hydrogen-bond donors (Lipinski definition) is 2. The Bertz CT molecular complexity index is 281. The van der Waals surface area contributed by atoms with Crippen LogP contribution in [-0.2, 0) is 14.3 Å². The van der Waals surface area contributed by atoms with E-state index in [9.17, 15) is 14.4 Å². The largest absolute Gasteiger partial charge is 0.469 e. The SMILES string of the molecule is CCN(CCC(=O)OC)CC(=O)NC(=O)NC. The van der Waals surface area contributed by atoms with E-state index in [4.69, 9.17) is 0 Å². The number of methoxy groups -OCH3 is 1. The van der Waals surface area contributed by atoms with Gasteiger partial charge in [0.2, 0.25) is 5.91 Å². The Balaban J connectivity index is 3.99. The Labute approximate surface area is 100 Å². The summed E-state index contributed by atoms with van der Waals surface area (Å²) >= 11 is 0. The van der Waals surface area contributed by atoms with Gasteiger partial charge < -0.3 is 10.1 Å². The van der Waals surface area contributed by atoms with E-state index in [-0.39, 0.29) is 18.9 Å². The molecule has 7 heteroatoms. The lowest BCUT2D eigenvalue weighted by Gasteiger charge is -2.18. The lowest BCUT2D eigenvalue weighted by molar-refractivity contribution is -0.141. The molecule has 7 nitrogen and oxygen atoms in total. The molecule has 0 aliphatic heterocycles. The number of nitrogens with one attached hydrogen (secondary N) is 2. The zero-order valence-corrected chi connectivity index (χ0v) is 10.4. The Morgan fingerprint density at radius 3 is 2.41 bits per heavy atom. The molecule has 0 aliphatic carbocycles. The molecule has 0 aromatic rings. The Morgan fingerprint density at radius 2 is 1.94 bits per heavy atom. The molecule has 0 atom stereocenters. The average molecular weight is 245 g/mol. The smallest absolute Gasteiger partial charge is 0.321 e. The molecule has 0 aliphatic rings. The van der Waals surface area contributed by atoms with Gasteiger partial charge in [-0.15, -0.1) is 0 Å². The Morgan fingerprint density at radius 1 is 1.29 bits per heavy atom. The van der Waals surface area contributed by atoms with Gasteiger partial charge in [0, 0.05) is 13.6 Å². The zero-order chi connectivity index (χ0) is 13.3. The van der Waals surface area contributed by atoms with Crippen LogP contribution in [0.5, 0.6) is 0 Å². The van der Waals surface area contributed by atoms with Crippen molar-refractivity contribution in [1.29, 1.82) is 0 Å². The van der Waals surface area contributed by atoms with Crippen LogP contribution in [0.15, 0.2) is 0 Å². The third-order valence-electron chi connectivity index (χ3n) is 2.15. The molecule has 17 heavy (non-hydrogen) atoms. The maximum absolute atomic E-state index is 11.4. The molecule has 98 valence electrons. The molecule has 0 unspecified atom stereocenters. The molecule has 0 fully saturated rings. The number of amides is 3.